The van der Waals surface area contributed by atoms with E-state index in [9.17, 15) is 0 Å². The normalized spacial score (nSPS) is 13.0. The summed E-state index contributed by atoms with van der Waals surface area (Å²) in [6.07, 6.45) is 3.58. The third-order valence-corrected chi connectivity index (χ3v) is 4.65. The lowest BCUT2D eigenvalue weighted by molar-refractivity contribution is 0.644. The summed E-state index contributed by atoms with van der Waals surface area (Å²) in [5.41, 5.74) is 1.99. The molecule has 0 radical (unpaired) electrons. The van der Waals surface area contributed by atoms with E-state index in [1.165, 1.54) is 9.75 Å². The largest absolute Gasteiger partial charge is 0.319 e. The second-order valence-electron chi connectivity index (χ2n) is 4.52. The fourth-order valence-electron chi connectivity index (χ4n) is 2.33. The van der Waals surface area contributed by atoms with Gasteiger partial charge in [-0.1, -0.05) is 0 Å². The van der Waals surface area contributed by atoms with E-state index in [0.717, 1.165) is 16.9 Å². The van der Waals surface area contributed by atoms with Crippen LogP contribution >= 0.6 is 22.9 Å². The Morgan fingerprint density at radius 2 is 2.21 bits per heavy atom. The van der Waals surface area contributed by atoms with Gasteiger partial charge in [-0.05, 0) is 32.0 Å². The average Bonchev–Trinajstić information content (AvgIpc) is 3.01. The van der Waals surface area contributed by atoms with Gasteiger partial charge in [-0.2, -0.15) is 0 Å². The van der Waals surface area contributed by atoms with Gasteiger partial charge in [0, 0.05) is 16.0 Å². The Balaban J connectivity index is 2.17. The lowest BCUT2D eigenvalue weighted by atomic mass is 10.2. The van der Waals surface area contributed by atoms with Gasteiger partial charge >= 0.3 is 0 Å². The summed E-state index contributed by atoms with van der Waals surface area (Å²) in [7, 11) is 0. The maximum atomic E-state index is 6.04. The molecule has 3 heterocycles. The van der Waals surface area contributed by atoms with Crippen molar-refractivity contribution in [3.63, 3.8) is 0 Å². The number of pyridine rings is 1. The molecule has 5 heteroatoms. The number of imidazole rings is 1. The molecule has 98 valence electrons. The van der Waals surface area contributed by atoms with Crippen LogP contribution in [0.1, 0.15) is 28.5 Å². The van der Waals surface area contributed by atoms with Gasteiger partial charge in [0.05, 0.1) is 23.6 Å². The highest BCUT2D eigenvalue weighted by atomic mass is 35.5. The Kier molecular flexibility index (Phi) is 3.29. The van der Waals surface area contributed by atoms with Gasteiger partial charge in [-0.3, -0.25) is 4.98 Å². The van der Waals surface area contributed by atoms with Crippen molar-refractivity contribution in [2.24, 2.45) is 0 Å². The first-order chi connectivity index (χ1) is 9.20. The first kappa shape index (κ1) is 12.6. The van der Waals surface area contributed by atoms with Crippen LogP contribution in [0.25, 0.3) is 11.0 Å². The Morgan fingerprint density at radius 1 is 1.37 bits per heavy atom. The summed E-state index contributed by atoms with van der Waals surface area (Å²) in [6.45, 7) is 4.31. The Hall–Kier alpha value is -1.39. The smallest absolute Gasteiger partial charge is 0.125 e. The van der Waals surface area contributed by atoms with Gasteiger partial charge in [0.2, 0.25) is 0 Å². The number of hydrogen-bond acceptors (Lipinski definition) is 3. The molecule has 0 saturated carbocycles. The zero-order chi connectivity index (χ0) is 13.4. The van der Waals surface area contributed by atoms with E-state index >= 15 is 0 Å². The summed E-state index contributed by atoms with van der Waals surface area (Å²) in [5, 5.41) is 0. The highest BCUT2D eigenvalue weighted by Gasteiger charge is 2.17. The van der Waals surface area contributed by atoms with Gasteiger partial charge in [0.15, 0.2) is 0 Å². The van der Waals surface area contributed by atoms with Crippen LogP contribution in [-0.4, -0.2) is 14.5 Å². The number of aromatic nitrogens is 3. The Bertz CT molecular complexity index is 716. The molecule has 0 spiro atoms. The van der Waals surface area contributed by atoms with E-state index in [2.05, 4.69) is 40.5 Å². The minimum absolute atomic E-state index is 0.236. The maximum Gasteiger partial charge on any atom is 0.125 e. The zero-order valence-electron chi connectivity index (χ0n) is 10.8. The van der Waals surface area contributed by atoms with Crippen LogP contribution < -0.4 is 0 Å². The topological polar surface area (TPSA) is 30.7 Å². The summed E-state index contributed by atoms with van der Waals surface area (Å²) < 4.78 is 2.20. The van der Waals surface area contributed by atoms with Crippen molar-refractivity contribution in [3.8, 4) is 0 Å². The second kappa shape index (κ2) is 4.94. The molecule has 3 aromatic heterocycles. The molecule has 0 aliphatic heterocycles. The van der Waals surface area contributed by atoms with Gasteiger partial charge in [-0.15, -0.1) is 22.9 Å². The Labute approximate surface area is 120 Å². The van der Waals surface area contributed by atoms with Crippen LogP contribution in [0.2, 0.25) is 0 Å². The van der Waals surface area contributed by atoms with Gasteiger partial charge < -0.3 is 4.57 Å². The molecule has 0 aliphatic carbocycles. The second-order valence-corrected chi connectivity index (χ2v) is 6.11. The molecule has 0 aliphatic rings. The molecule has 3 aromatic rings. The van der Waals surface area contributed by atoms with Crippen molar-refractivity contribution in [3.05, 3.63) is 46.2 Å². The SMILES string of the molecule is Cc1ccc(C(C)n2c(CCl)nc3cnccc32)s1. The van der Waals surface area contributed by atoms with E-state index in [4.69, 9.17) is 11.6 Å². The van der Waals surface area contributed by atoms with Crippen LogP contribution in [0.4, 0.5) is 0 Å². The zero-order valence-corrected chi connectivity index (χ0v) is 12.4. The first-order valence-corrected chi connectivity index (χ1v) is 7.49. The molecule has 19 heavy (non-hydrogen) atoms. The lowest BCUT2D eigenvalue weighted by Crippen LogP contribution is -2.08. The van der Waals surface area contributed by atoms with E-state index in [0.29, 0.717) is 5.88 Å². The molecule has 0 amide bonds. The highest BCUT2D eigenvalue weighted by molar-refractivity contribution is 7.12. The number of nitrogens with zero attached hydrogens (tertiary/aromatic N) is 3. The number of rotatable bonds is 3. The molecule has 0 fully saturated rings. The molecule has 0 N–H and O–H groups in total. The van der Waals surface area contributed by atoms with Crippen molar-refractivity contribution < 1.29 is 0 Å². The lowest BCUT2D eigenvalue weighted by Gasteiger charge is -2.15. The third-order valence-electron chi connectivity index (χ3n) is 3.24. The van der Waals surface area contributed by atoms with Gasteiger partial charge in [-0.25, -0.2) is 4.98 Å². The van der Waals surface area contributed by atoms with Crippen molar-refractivity contribution >= 4 is 34.0 Å². The molecular formula is C14H14ClN3S. The monoisotopic (exact) mass is 291 g/mol. The molecule has 3 rings (SSSR count). The van der Waals surface area contributed by atoms with Crippen molar-refractivity contribution in [2.45, 2.75) is 25.8 Å². The summed E-state index contributed by atoms with van der Waals surface area (Å²) in [4.78, 5) is 11.3. The number of thiophene rings is 1. The van der Waals surface area contributed by atoms with Crippen LogP contribution in [-0.2, 0) is 5.88 Å². The van der Waals surface area contributed by atoms with Crippen molar-refractivity contribution in [1.29, 1.82) is 0 Å². The van der Waals surface area contributed by atoms with Crippen molar-refractivity contribution in [2.75, 3.05) is 0 Å². The molecule has 1 unspecified atom stereocenters. The minimum atomic E-state index is 0.236. The molecular weight excluding hydrogens is 278 g/mol. The van der Waals surface area contributed by atoms with Crippen LogP contribution in [0.15, 0.2) is 30.6 Å². The van der Waals surface area contributed by atoms with E-state index in [1.807, 2.05) is 17.4 Å². The van der Waals surface area contributed by atoms with Gasteiger partial charge in [0.25, 0.3) is 0 Å². The van der Waals surface area contributed by atoms with E-state index < -0.39 is 0 Å². The Morgan fingerprint density at radius 3 is 2.89 bits per heavy atom. The average molecular weight is 292 g/mol. The fraction of sp³-hybridized carbons (Fsp3) is 0.286. The number of fused-ring (bicyclic) bond motifs is 1. The molecule has 0 bridgehead atoms. The highest BCUT2D eigenvalue weighted by Crippen LogP contribution is 2.30. The van der Waals surface area contributed by atoms with Crippen LogP contribution in [0.5, 0.6) is 0 Å². The fourth-order valence-corrected chi connectivity index (χ4v) is 3.44. The van der Waals surface area contributed by atoms with Crippen LogP contribution in [0.3, 0.4) is 0 Å². The first-order valence-electron chi connectivity index (χ1n) is 6.14. The number of halogens is 1. The standard InChI is InChI=1S/C14H14ClN3S/c1-9-3-4-13(19-9)10(2)18-12-5-6-16-8-11(12)17-14(18)7-15/h3-6,8,10H,7H2,1-2H3. The molecule has 0 aromatic carbocycles. The van der Waals surface area contributed by atoms with Crippen LogP contribution in [0, 0.1) is 6.92 Å². The van der Waals surface area contributed by atoms with E-state index in [1.54, 1.807) is 12.4 Å². The molecule has 0 saturated heterocycles. The third kappa shape index (κ3) is 2.15. The predicted octanol–water partition coefficient (Wildman–Crippen LogP) is 4.15. The number of alkyl halides is 1. The van der Waals surface area contributed by atoms with Gasteiger partial charge in [0.1, 0.15) is 11.3 Å². The number of aryl methyl sites for hydroxylation is 1. The van der Waals surface area contributed by atoms with E-state index in [-0.39, 0.29) is 6.04 Å². The molecule has 3 nitrogen and oxygen atoms in total. The summed E-state index contributed by atoms with van der Waals surface area (Å²) in [5.74, 6) is 1.30. The quantitative estimate of drug-likeness (QED) is 0.679. The number of hydrogen-bond donors (Lipinski definition) is 0. The minimum Gasteiger partial charge on any atom is -0.319 e. The summed E-state index contributed by atoms with van der Waals surface area (Å²) >= 11 is 7.85. The van der Waals surface area contributed by atoms with Crippen molar-refractivity contribution in [1.82, 2.24) is 14.5 Å². The predicted molar refractivity (Wildman–Crippen MR) is 80.0 cm³/mol. The molecule has 1 atom stereocenters. The summed E-state index contributed by atoms with van der Waals surface area (Å²) in [6, 6.07) is 6.56. The maximum absolute atomic E-state index is 6.04.